The molecule has 4 aromatic rings. The molecule has 1 saturated heterocycles. The number of halogens is 1. The molecule has 3 aromatic carbocycles. The average molecular weight is 753 g/mol. The summed E-state index contributed by atoms with van der Waals surface area (Å²) in [4.78, 5) is 58.6. The topological polar surface area (TPSA) is 178 Å². The summed E-state index contributed by atoms with van der Waals surface area (Å²) in [5, 5.41) is 8.95. The minimum atomic E-state index is -3.88. The van der Waals surface area contributed by atoms with Gasteiger partial charge in [0.05, 0.1) is 34.6 Å². The molecule has 0 spiro atoms. The van der Waals surface area contributed by atoms with Crippen LogP contribution in [-0.4, -0.2) is 50.1 Å². The quantitative estimate of drug-likeness (QED) is 0.220. The van der Waals surface area contributed by atoms with Crippen LogP contribution < -0.4 is 29.7 Å². The Kier molecular flexibility index (Phi) is 8.10. The number of carbonyl (C=O) groups is 3. The number of hydrogen-bond acceptors (Lipinski definition) is 10. The standard InChI is InChI=1S/C34H29ClN4O8S3/c1-46-18-7-5-17(6-8-18)39-32(41)27-21-13-22(28(27)33(39)42)29-26(21)25(30-31(48-29)38-34(43)49-30)20-12-15(35)2-11-23(20)47-14-24(40)37-16-3-9-19(10-4-16)50(36,44)45/h2-12,21-22,25-29H,13-14H2,1H3,(H,37,40)(H,38,43)(H2,36,44,45)/t21?,22?,25-,26?,27?,28?,29?/m1/s1. The van der Waals surface area contributed by atoms with E-state index in [-0.39, 0.29) is 51.2 Å². The molecule has 3 amide bonds. The third-order valence-corrected chi connectivity index (χ3v) is 13.9. The van der Waals surface area contributed by atoms with Crippen LogP contribution in [0.15, 0.2) is 81.4 Å². The number of thiazole rings is 1. The van der Waals surface area contributed by atoms with Crippen molar-refractivity contribution in [2.75, 3.05) is 23.9 Å². The maximum Gasteiger partial charge on any atom is 0.305 e. The van der Waals surface area contributed by atoms with Crippen LogP contribution >= 0.6 is 34.7 Å². The lowest BCUT2D eigenvalue weighted by Gasteiger charge is -2.43. The first-order valence-electron chi connectivity index (χ1n) is 15.7. The highest BCUT2D eigenvalue weighted by molar-refractivity contribution is 8.00. The molecule has 3 fully saturated rings. The van der Waals surface area contributed by atoms with Gasteiger partial charge in [-0.15, -0.1) is 11.8 Å². The number of amides is 3. The highest BCUT2D eigenvalue weighted by atomic mass is 35.5. The third-order valence-electron chi connectivity index (χ3n) is 10.2. The monoisotopic (exact) mass is 752 g/mol. The van der Waals surface area contributed by atoms with Crippen LogP contribution in [0, 0.1) is 29.6 Å². The van der Waals surface area contributed by atoms with E-state index in [0.717, 1.165) is 21.2 Å². The van der Waals surface area contributed by atoms with E-state index in [0.29, 0.717) is 39.9 Å². The first-order chi connectivity index (χ1) is 23.9. The van der Waals surface area contributed by atoms with Gasteiger partial charge >= 0.3 is 4.87 Å². The zero-order valence-electron chi connectivity index (χ0n) is 26.2. The average Bonchev–Trinajstić information content (AvgIpc) is 3.82. The molecule has 4 N–H and O–H groups in total. The summed E-state index contributed by atoms with van der Waals surface area (Å²) in [6.45, 7) is -0.377. The molecule has 7 atom stereocenters. The van der Waals surface area contributed by atoms with E-state index in [1.807, 2.05) is 0 Å². The second-order valence-corrected chi connectivity index (χ2v) is 17.0. The van der Waals surface area contributed by atoms with Crippen molar-refractivity contribution in [2.24, 2.45) is 34.7 Å². The second kappa shape index (κ2) is 12.3. The number of imide groups is 1. The highest BCUT2D eigenvalue weighted by Crippen LogP contribution is 2.69. The summed E-state index contributed by atoms with van der Waals surface area (Å²) in [7, 11) is -2.33. The van der Waals surface area contributed by atoms with E-state index in [1.54, 1.807) is 61.3 Å². The Morgan fingerprint density at radius 2 is 1.72 bits per heavy atom. The van der Waals surface area contributed by atoms with Crippen molar-refractivity contribution in [3.8, 4) is 11.5 Å². The number of aromatic nitrogens is 1. The lowest BCUT2D eigenvalue weighted by atomic mass is 9.68. The fraction of sp³-hybridized carbons (Fsp3) is 0.294. The van der Waals surface area contributed by atoms with E-state index in [2.05, 4.69) is 10.3 Å². The molecule has 6 unspecified atom stereocenters. The molecule has 2 saturated carbocycles. The first kappa shape index (κ1) is 33.0. The largest absolute Gasteiger partial charge is 0.497 e. The van der Waals surface area contributed by atoms with Crippen LogP contribution in [0.2, 0.25) is 5.02 Å². The number of anilines is 2. The summed E-state index contributed by atoms with van der Waals surface area (Å²) in [6, 6.07) is 17.4. The van der Waals surface area contributed by atoms with Crippen molar-refractivity contribution in [1.29, 1.82) is 0 Å². The predicted octanol–water partition coefficient (Wildman–Crippen LogP) is 4.44. The summed E-state index contributed by atoms with van der Waals surface area (Å²) in [6.07, 6.45) is 0.699. The van der Waals surface area contributed by atoms with Gasteiger partial charge in [-0.25, -0.2) is 13.6 Å². The molecule has 16 heteroatoms. The van der Waals surface area contributed by atoms with E-state index >= 15 is 0 Å². The van der Waals surface area contributed by atoms with Gasteiger partial charge in [0.15, 0.2) is 6.61 Å². The number of thioether (sulfide) groups is 1. The molecule has 8 rings (SSSR count). The molecule has 2 aliphatic heterocycles. The van der Waals surface area contributed by atoms with E-state index in [4.69, 9.17) is 26.2 Å². The van der Waals surface area contributed by atoms with Crippen LogP contribution in [-0.2, 0) is 24.4 Å². The number of H-pyrrole nitrogens is 1. The lowest BCUT2D eigenvalue weighted by molar-refractivity contribution is -0.123. The lowest BCUT2D eigenvalue weighted by Crippen LogP contribution is -2.42. The van der Waals surface area contributed by atoms with E-state index in [1.165, 1.54) is 29.2 Å². The van der Waals surface area contributed by atoms with Gasteiger partial charge in [-0.2, -0.15) is 0 Å². The fourth-order valence-corrected chi connectivity index (χ4v) is 11.9. The SMILES string of the molecule is COc1ccc(N2C(=O)C3C4CC(C3C2=O)C2C4Sc3[nH]c(=O)sc3[C@@H]2c2cc(Cl)ccc2OCC(=O)Nc2ccc(S(N)(=O)=O)cc2)cc1. The number of nitrogens with zero attached hydrogens (tertiary/aromatic N) is 1. The van der Waals surface area contributed by atoms with Gasteiger partial charge in [0.25, 0.3) is 5.91 Å². The number of fused-ring (bicyclic) bond motifs is 9. The normalized spacial score (nSPS) is 26.4. The molecule has 2 bridgehead atoms. The summed E-state index contributed by atoms with van der Waals surface area (Å²) >= 11 is 9.25. The number of nitrogens with two attached hydrogens (primary N) is 1. The van der Waals surface area contributed by atoms with Crippen molar-refractivity contribution in [3.05, 3.63) is 91.9 Å². The second-order valence-electron chi connectivity index (χ2n) is 12.8. The molecule has 1 aromatic heterocycles. The molecule has 258 valence electrons. The Hall–Kier alpha value is -4.15. The molecular weight excluding hydrogens is 724 g/mol. The number of rotatable bonds is 8. The Bertz CT molecular complexity index is 2220. The van der Waals surface area contributed by atoms with Crippen molar-refractivity contribution in [1.82, 2.24) is 4.98 Å². The number of nitrogens with one attached hydrogen (secondary N) is 2. The maximum atomic E-state index is 14.1. The third kappa shape index (κ3) is 5.42. The Balaban J connectivity index is 1.10. The molecule has 50 heavy (non-hydrogen) atoms. The molecule has 0 radical (unpaired) electrons. The minimum Gasteiger partial charge on any atom is -0.497 e. The number of ether oxygens (including phenoxy) is 2. The highest BCUT2D eigenvalue weighted by Gasteiger charge is 2.70. The zero-order valence-corrected chi connectivity index (χ0v) is 29.4. The molecule has 4 aliphatic rings. The number of aromatic amines is 1. The van der Waals surface area contributed by atoms with Gasteiger partial charge < -0.3 is 19.8 Å². The van der Waals surface area contributed by atoms with Crippen LogP contribution in [0.5, 0.6) is 11.5 Å². The van der Waals surface area contributed by atoms with Crippen molar-refractivity contribution in [3.63, 3.8) is 0 Å². The maximum absolute atomic E-state index is 14.1. The van der Waals surface area contributed by atoms with Gasteiger partial charge in [-0.05, 0) is 90.9 Å². The smallest absolute Gasteiger partial charge is 0.305 e. The molecule has 3 heterocycles. The Morgan fingerprint density at radius 3 is 2.40 bits per heavy atom. The predicted molar refractivity (Wildman–Crippen MR) is 187 cm³/mol. The molecule has 2 aliphatic carbocycles. The van der Waals surface area contributed by atoms with Gasteiger partial charge in [0.1, 0.15) is 11.5 Å². The molecular formula is C34H29ClN4O8S3. The number of hydrogen-bond donors (Lipinski definition) is 3. The number of carbonyl (C=O) groups excluding carboxylic acids is 3. The van der Waals surface area contributed by atoms with Gasteiger partial charge in [0, 0.05) is 32.3 Å². The van der Waals surface area contributed by atoms with Crippen LogP contribution in [0.1, 0.15) is 22.8 Å². The number of primary sulfonamides is 1. The van der Waals surface area contributed by atoms with Crippen molar-refractivity contribution >= 4 is 73.8 Å². The zero-order chi connectivity index (χ0) is 35.1. The van der Waals surface area contributed by atoms with E-state index < -0.39 is 33.7 Å². The summed E-state index contributed by atoms with van der Waals surface area (Å²) < 4.78 is 34.5. The van der Waals surface area contributed by atoms with Crippen molar-refractivity contribution in [2.45, 2.75) is 27.5 Å². The first-order valence-corrected chi connectivity index (χ1v) is 19.3. The van der Waals surface area contributed by atoms with Crippen LogP contribution in [0.4, 0.5) is 11.4 Å². The number of methoxy groups -OCH3 is 1. The summed E-state index contributed by atoms with van der Waals surface area (Å²) in [5.41, 5.74) is 1.55. The van der Waals surface area contributed by atoms with Gasteiger partial charge in [0.2, 0.25) is 21.8 Å². The minimum absolute atomic E-state index is 0.0630. The number of benzene rings is 3. The van der Waals surface area contributed by atoms with Gasteiger partial charge in [-0.1, -0.05) is 22.9 Å². The van der Waals surface area contributed by atoms with Gasteiger partial charge in [-0.3, -0.25) is 24.1 Å². The Labute approximate surface area is 299 Å². The van der Waals surface area contributed by atoms with Crippen LogP contribution in [0.25, 0.3) is 0 Å². The fourth-order valence-electron chi connectivity index (χ4n) is 8.31. The number of sulfonamides is 1. The molecule has 12 nitrogen and oxygen atoms in total. The summed E-state index contributed by atoms with van der Waals surface area (Å²) in [5.74, 6) is -1.61. The van der Waals surface area contributed by atoms with Crippen LogP contribution in [0.3, 0.4) is 0 Å². The Morgan fingerprint density at radius 1 is 1.02 bits per heavy atom. The van der Waals surface area contributed by atoms with Crippen molar-refractivity contribution < 1.29 is 32.3 Å². The van der Waals surface area contributed by atoms with E-state index in [9.17, 15) is 27.6 Å².